The SMILES string of the molecule is C1=CC=C2CC=C3C4=C(CCCC4)C(=C23)C=C1. The van der Waals surface area contributed by atoms with E-state index in [0.29, 0.717) is 0 Å². The Morgan fingerprint density at radius 2 is 1.76 bits per heavy atom. The van der Waals surface area contributed by atoms with E-state index in [1.807, 2.05) is 0 Å². The van der Waals surface area contributed by atoms with Crippen LogP contribution in [0.15, 0.2) is 69.9 Å². The van der Waals surface area contributed by atoms with Gasteiger partial charge in [-0.25, -0.2) is 0 Å². The Kier molecular flexibility index (Phi) is 1.93. The van der Waals surface area contributed by atoms with Crippen LogP contribution in [0.4, 0.5) is 0 Å². The predicted molar refractivity (Wildman–Crippen MR) is 71.6 cm³/mol. The maximum Gasteiger partial charge on any atom is -0.00735 e. The summed E-state index contributed by atoms with van der Waals surface area (Å²) in [6.45, 7) is 0. The number of hydrogen-bond donors (Lipinski definition) is 0. The van der Waals surface area contributed by atoms with Crippen LogP contribution in [-0.2, 0) is 0 Å². The lowest BCUT2D eigenvalue weighted by Gasteiger charge is -2.16. The van der Waals surface area contributed by atoms with Crippen LogP contribution in [0.5, 0.6) is 0 Å². The fourth-order valence-corrected chi connectivity index (χ4v) is 3.55. The van der Waals surface area contributed by atoms with E-state index in [1.165, 1.54) is 36.8 Å². The molecule has 0 nitrogen and oxygen atoms in total. The molecule has 0 aromatic rings. The van der Waals surface area contributed by atoms with Crippen LogP contribution in [0, 0.1) is 0 Å². The predicted octanol–water partition coefficient (Wildman–Crippen LogP) is 4.55. The number of rotatable bonds is 0. The molecule has 0 bridgehead atoms. The van der Waals surface area contributed by atoms with Crippen LogP contribution < -0.4 is 0 Å². The minimum Gasteiger partial charge on any atom is -0.0719 e. The molecule has 0 heterocycles. The summed E-state index contributed by atoms with van der Waals surface area (Å²) in [7, 11) is 0. The molecule has 0 aliphatic heterocycles. The van der Waals surface area contributed by atoms with E-state index in [-0.39, 0.29) is 0 Å². The van der Waals surface area contributed by atoms with E-state index in [2.05, 4.69) is 36.5 Å². The molecule has 0 heteroatoms. The molecule has 0 saturated heterocycles. The van der Waals surface area contributed by atoms with Crippen molar-refractivity contribution in [1.29, 1.82) is 0 Å². The van der Waals surface area contributed by atoms with Crippen LogP contribution in [0.3, 0.4) is 0 Å². The topological polar surface area (TPSA) is 0 Å². The molecule has 17 heavy (non-hydrogen) atoms. The van der Waals surface area contributed by atoms with Crippen molar-refractivity contribution in [3.8, 4) is 0 Å². The average molecular weight is 220 g/mol. The zero-order chi connectivity index (χ0) is 11.2. The van der Waals surface area contributed by atoms with Gasteiger partial charge in [0.25, 0.3) is 0 Å². The first-order valence-electron chi connectivity index (χ1n) is 6.67. The Balaban J connectivity index is 1.96. The fraction of sp³-hybridized carbons (Fsp3) is 0.294. The van der Waals surface area contributed by atoms with Gasteiger partial charge in [0.2, 0.25) is 0 Å². The molecule has 4 aliphatic carbocycles. The van der Waals surface area contributed by atoms with Gasteiger partial charge in [0, 0.05) is 0 Å². The standard InChI is InChI=1S/C17H16/c1-2-6-12-10-11-16-14-8-5-4-7-13(14)15(9-3-1)17(12)16/h1-3,6,9,11H,4-5,7-8,10H2. The quantitative estimate of drug-likeness (QED) is 0.562. The van der Waals surface area contributed by atoms with Crippen molar-refractivity contribution in [2.45, 2.75) is 32.1 Å². The Labute approximate surface area is 102 Å². The Morgan fingerprint density at radius 1 is 0.882 bits per heavy atom. The molecule has 0 N–H and O–H groups in total. The second kappa shape index (κ2) is 3.46. The van der Waals surface area contributed by atoms with Gasteiger partial charge in [-0.1, -0.05) is 36.5 Å². The Morgan fingerprint density at radius 3 is 2.71 bits per heavy atom. The average Bonchev–Trinajstić information content (AvgIpc) is 2.84. The van der Waals surface area contributed by atoms with Crippen LogP contribution in [0.1, 0.15) is 32.1 Å². The first kappa shape index (κ1) is 9.47. The summed E-state index contributed by atoms with van der Waals surface area (Å²) < 4.78 is 0. The fourth-order valence-electron chi connectivity index (χ4n) is 3.55. The van der Waals surface area contributed by atoms with E-state index in [4.69, 9.17) is 0 Å². The molecule has 0 amide bonds. The maximum absolute atomic E-state index is 2.45. The highest BCUT2D eigenvalue weighted by molar-refractivity contribution is 5.76. The summed E-state index contributed by atoms with van der Waals surface area (Å²) in [5.74, 6) is 0. The van der Waals surface area contributed by atoms with Gasteiger partial charge in [-0.3, -0.25) is 0 Å². The van der Waals surface area contributed by atoms with Crippen molar-refractivity contribution < 1.29 is 0 Å². The first-order valence-corrected chi connectivity index (χ1v) is 6.67. The van der Waals surface area contributed by atoms with Crippen molar-refractivity contribution in [3.63, 3.8) is 0 Å². The van der Waals surface area contributed by atoms with Crippen LogP contribution in [-0.4, -0.2) is 0 Å². The Bertz CT molecular complexity index is 571. The van der Waals surface area contributed by atoms with E-state index < -0.39 is 0 Å². The monoisotopic (exact) mass is 220 g/mol. The number of allylic oxidation sites excluding steroid dienone is 12. The summed E-state index contributed by atoms with van der Waals surface area (Å²) in [6.07, 6.45) is 20.0. The summed E-state index contributed by atoms with van der Waals surface area (Å²) in [5, 5.41) is 0. The lowest BCUT2D eigenvalue weighted by molar-refractivity contribution is 0.691. The summed E-state index contributed by atoms with van der Waals surface area (Å²) in [5.41, 5.74) is 9.48. The molecule has 0 atom stereocenters. The van der Waals surface area contributed by atoms with Crippen LogP contribution in [0.25, 0.3) is 0 Å². The highest BCUT2D eigenvalue weighted by atomic mass is 14.4. The van der Waals surface area contributed by atoms with Gasteiger partial charge in [0.1, 0.15) is 0 Å². The van der Waals surface area contributed by atoms with E-state index >= 15 is 0 Å². The molecule has 0 fully saturated rings. The summed E-state index contributed by atoms with van der Waals surface area (Å²) in [6, 6.07) is 0. The van der Waals surface area contributed by atoms with Gasteiger partial charge >= 0.3 is 0 Å². The van der Waals surface area contributed by atoms with Gasteiger partial charge in [-0.2, -0.15) is 0 Å². The smallest absolute Gasteiger partial charge is 0.00735 e. The third-order valence-electron chi connectivity index (χ3n) is 4.29. The van der Waals surface area contributed by atoms with Gasteiger partial charge in [-0.05, 0) is 65.5 Å². The van der Waals surface area contributed by atoms with Gasteiger partial charge in [0.15, 0.2) is 0 Å². The lowest BCUT2D eigenvalue weighted by Crippen LogP contribution is -1.97. The molecule has 0 aromatic heterocycles. The zero-order valence-corrected chi connectivity index (χ0v) is 10.00. The highest BCUT2D eigenvalue weighted by Gasteiger charge is 2.33. The van der Waals surface area contributed by atoms with Crippen molar-refractivity contribution in [3.05, 3.63) is 69.9 Å². The molecule has 0 radical (unpaired) electrons. The lowest BCUT2D eigenvalue weighted by atomic mass is 9.89. The molecule has 4 rings (SSSR count). The second-order valence-corrected chi connectivity index (χ2v) is 5.21. The van der Waals surface area contributed by atoms with Gasteiger partial charge < -0.3 is 0 Å². The number of fused-ring (bicyclic) bond motifs is 2. The van der Waals surface area contributed by atoms with E-state index in [0.717, 1.165) is 6.42 Å². The summed E-state index contributed by atoms with van der Waals surface area (Å²) in [4.78, 5) is 0. The molecule has 0 spiro atoms. The highest BCUT2D eigenvalue weighted by Crippen LogP contribution is 2.51. The second-order valence-electron chi connectivity index (χ2n) is 5.21. The van der Waals surface area contributed by atoms with Crippen molar-refractivity contribution in [1.82, 2.24) is 0 Å². The minimum atomic E-state index is 1.13. The molecular formula is C17H16. The first-order chi connectivity index (χ1) is 8.45. The molecule has 4 aliphatic rings. The van der Waals surface area contributed by atoms with E-state index in [1.54, 1.807) is 22.3 Å². The third kappa shape index (κ3) is 1.24. The maximum atomic E-state index is 2.45. The third-order valence-corrected chi connectivity index (χ3v) is 4.29. The summed E-state index contributed by atoms with van der Waals surface area (Å²) >= 11 is 0. The van der Waals surface area contributed by atoms with Gasteiger partial charge in [0.05, 0.1) is 0 Å². The van der Waals surface area contributed by atoms with Crippen molar-refractivity contribution in [2.24, 2.45) is 0 Å². The molecule has 0 saturated carbocycles. The van der Waals surface area contributed by atoms with Crippen molar-refractivity contribution in [2.75, 3.05) is 0 Å². The Hall–Kier alpha value is -1.56. The molecule has 0 unspecified atom stereocenters. The van der Waals surface area contributed by atoms with Crippen LogP contribution >= 0.6 is 0 Å². The largest absolute Gasteiger partial charge is 0.0719 e. The number of hydrogen-bond acceptors (Lipinski definition) is 0. The van der Waals surface area contributed by atoms with Crippen LogP contribution in [0.2, 0.25) is 0 Å². The molecule has 0 aromatic carbocycles. The van der Waals surface area contributed by atoms with Crippen molar-refractivity contribution >= 4 is 0 Å². The normalized spacial score (nSPS) is 25.4. The zero-order valence-electron chi connectivity index (χ0n) is 10.00. The minimum absolute atomic E-state index is 1.13. The van der Waals surface area contributed by atoms with Gasteiger partial charge in [-0.15, -0.1) is 0 Å². The molecular weight excluding hydrogens is 204 g/mol. The molecule has 84 valence electrons. The van der Waals surface area contributed by atoms with E-state index in [9.17, 15) is 0 Å².